The molecule has 1 aromatic rings. The number of aryl methyl sites for hydroxylation is 1. The number of hydrogen-bond acceptors (Lipinski definition) is 3. The molecule has 96 valence electrons. The molecule has 0 aliphatic carbocycles. The van der Waals surface area contributed by atoms with E-state index < -0.39 is 10.0 Å². The van der Waals surface area contributed by atoms with Gasteiger partial charge in [-0.05, 0) is 46.5 Å². The van der Waals surface area contributed by atoms with Crippen LogP contribution in [-0.2, 0) is 16.6 Å². The van der Waals surface area contributed by atoms with E-state index in [0.717, 1.165) is 12.0 Å². The van der Waals surface area contributed by atoms with Gasteiger partial charge in [0.25, 0.3) is 0 Å². The monoisotopic (exact) mass is 321 g/mol. The maximum absolute atomic E-state index is 12.0. The Hall–Kier alpha value is -0.430. The maximum Gasteiger partial charge on any atom is 0.241 e. The number of sulfonamides is 1. The van der Waals surface area contributed by atoms with Crippen molar-refractivity contribution < 1.29 is 13.5 Å². The van der Waals surface area contributed by atoms with E-state index in [1.54, 1.807) is 13.0 Å². The molecule has 0 bridgehead atoms. The minimum absolute atomic E-state index is 0.176. The molecule has 0 radical (unpaired) electrons. The second kappa shape index (κ2) is 5.95. The number of hydrogen-bond donors (Lipinski definition) is 2. The van der Waals surface area contributed by atoms with Crippen LogP contribution in [0.4, 0.5) is 0 Å². The number of halogens is 1. The van der Waals surface area contributed by atoms with Crippen LogP contribution in [0.25, 0.3) is 0 Å². The highest BCUT2D eigenvalue weighted by Gasteiger charge is 2.19. The van der Waals surface area contributed by atoms with E-state index in [1.807, 2.05) is 6.92 Å². The van der Waals surface area contributed by atoms with Gasteiger partial charge in [-0.1, -0.05) is 13.0 Å². The Morgan fingerprint density at radius 1 is 1.41 bits per heavy atom. The number of benzene rings is 1. The van der Waals surface area contributed by atoms with Crippen LogP contribution in [0.15, 0.2) is 21.5 Å². The molecule has 0 saturated carbocycles. The SMILES string of the molecule is CCCNS(=O)(=O)c1cc(CO)cc(C)c1Br. The van der Waals surface area contributed by atoms with E-state index in [1.165, 1.54) is 6.07 Å². The van der Waals surface area contributed by atoms with Crippen molar-refractivity contribution in [3.8, 4) is 0 Å². The molecular weight excluding hydrogens is 306 g/mol. The average molecular weight is 322 g/mol. The zero-order valence-corrected chi connectivity index (χ0v) is 12.2. The summed E-state index contributed by atoms with van der Waals surface area (Å²) in [6.45, 7) is 3.91. The molecular formula is C11H16BrNO3S. The van der Waals surface area contributed by atoms with Crippen LogP contribution < -0.4 is 4.72 Å². The van der Waals surface area contributed by atoms with E-state index >= 15 is 0 Å². The molecule has 0 aromatic heterocycles. The van der Waals surface area contributed by atoms with Gasteiger partial charge in [0.1, 0.15) is 0 Å². The van der Waals surface area contributed by atoms with Crippen molar-refractivity contribution in [1.29, 1.82) is 0 Å². The van der Waals surface area contributed by atoms with E-state index in [-0.39, 0.29) is 11.5 Å². The van der Waals surface area contributed by atoms with Crippen molar-refractivity contribution in [2.24, 2.45) is 0 Å². The van der Waals surface area contributed by atoms with Gasteiger partial charge >= 0.3 is 0 Å². The first kappa shape index (κ1) is 14.6. The first-order valence-corrected chi connectivity index (χ1v) is 7.59. The third kappa shape index (κ3) is 3.51. The molecule has 2 N–H and O–H groups in total. The number of aliphatic hydroxyl groups is 1. The highest BCUT2D eigenvalue weighted by molar-refractivity contribution is 9.10. The van der Waals surface area contributed by atoms with Crippen LogP contribution in [-0.4, -0.2) is 20.1 Å². The standard InChI is InChI=1S/C11H16BrNO3S/c1-3-4-13-17(15,16)10-6-9(7-14)5-8(2)11(10)12/h5-6,13-14H,3-4,7H2,1-2H3. The fourth-order valence-electron chi connectivity index (χ4n) is 1.41. The summed E-state index contributed by atoms with van der Waals surface area (Å²) in [4.78, 5) is 0.176. The molecule has 0 amide bonds. The Morgan fingerprint density at radius 2 is 2.06 bits per heavy atom. The van der Waals surface area contributed by atoms with Gasteiger partial charge in [-0.3, -0.25) is 0 Å². The molecule has 0 atom stereocenters. The van der Waals surface area contributed by atoms with Crippen LogP contribution in [0.3, 0.4) is 0 Å². The van der Waals surface area contributed by atoms with Gasteiger partial charge in [-0.25, -0.2) is 13.1 Å². The van der Waals surface area contributed by atoms with Gasteiger partial charge in [0.2, 0.25) is 10.0 Å². The van der Waals surface area contributed by atoms with E-state index in [2.05, 4.69) is 20.7 Å². The summed E-state index contributed by atoms with van der Waals surface area (Å²) >= 11 is 3.27. The fourth-order valence-corrected chi connectivity index (χ4v) is 3.61. The van der Waals surface area contributed by atoms with Crippen LogP contribution in [0, 0.1) is 6.92 Å². The molecule has 0 spiro atoms. The van der Waals surface area contributed by atoms with Gasteiger partial charge < -0.3 is 5.11 Å². The van der Waals surface area contributed by atoms with Gasteiger partial charge in [-0.15, -0.1) is 0 Å². The Bertz CT molecular complexity index is 500. The summed E-state index contributed by atoms with van der Waals surface area (Å²) in [5.41, 5.74) is 1.37. The molecule has 1 aromatic carbocycles. The number of rotatable bonds is 5. The highest BCUT2D eigenvalue weighted by Crippen LogP contribution is 2.27. The number of aliphatic hydroxyl groups excluding tert-OH is 1. The maximum atomic E-state index is 12.0. The lowest BCUT2D eigenvalue weighted by Gasteiger charge is -2.11. The quantitative estimate of drug-likeness (QED) is 0.871. The number of nitrogens with one attached hydrogen (secondary N) is 1. The van der Waals surface area contributed by atoms with E-state index in [9.17, 15) is 8.42 Å². The molecule has 0 saturated heterocycles. The second-order valence-electron chi connectivity index (χ2n) is 3.78. The van der Waals surface area contributed by atoms with Crippen molar-refractivity contribution in [2.45, 2.75) is 31.8 Å². The van der Waals surface area contributed by atoms with Gasteiger partial charge in [0.15, 0.2) is 0 Å². The Labute approximate surface area is 110 Å². The molecule has 17 heavy (non-hydrogen) atoms. The minimum Gasteiger partial charge on any atom is -0.392 e. The zero-order valence-electron chi connectivity index (χ0n) is 9.83. The summed E-state index contributed by atoms with van der Waals surface area (Å²) in [6.07, 6.45) is 0.732. The first-order chi connectivity index (χ1) is 7.92. The van der Waals surface area contributed by atoms with Crippen molar-refractivity contribution in [3.63, 3.8) is 0 Å². The molecule has 0 unspecified atom stereocenters. The second-order valence-corrected chi connectivity index (χ2v) is 6.31. The molecule has 0 aliphatic rings. The van der Waals surface area contributed by atoms with Crippen molar-refractivity contribution in [2.75, 3.05) is 6.54 Å². The molecule has 1 rings (SSSR count). The van der Waals surface area contributed by atoms with Gasteiger partial charge in [0.05, 0.1) is 11.5 Å². The molecule has 6 heteroatoms. The third-order valence-corrected chi connectivity index (χ3v) is 5.10. The van der Waals surface area contributed by atoms with Crippen LogP contribution in [0.1, 0.15) is 24.5 Å². The third-order valence-electron chi connectivity index (χ3n) is 2.30. The van der Waals surface area contributed by atoms with Crippen LogP contribution in [0.2, 0.25) is 0 Å². The zero-order chi connectivity index (χ0) is 13.1. The summed E-state index contributed by atoms with van der Waals surface area (Å²) in [7, 11) is -3.52. The molecule has 0 heterocycles. The minimum atomic E-state index is -3.52. The Kier molecular flexibility index (Phi) is 5.12. The summed E-state index contributed by atoms with van der Waals surface area (Å²) in [6, 6.07) is 3.23. The van der Waals surface area contributed by atoms with Gasteiger partial charge in [0, 0.05) is 11.0 Å². The fraction of sp³-hybridized carbons (Fsp3) is 0.455. The van der Waals surface area contributed by atoms with Crippen LogP contribution in [0.5, 0.6) is 0 Å². The molecule has 0 aliphatic heterocycles. The Balaban J connectivity index is 3.25. The predicted molar refractivity (Wildman–Crippen MR) is 70.3 cm³/mol. The molecule has 0 fully saturated rings. The average Bonchev–Trinajstić information content (AvgIpc) is 2.29. The van der Waals surface area contributed by atoms with Crippen molar-refractivity contribution >= 4 is 26.0 Å². The van der Waals surface area contributed by atoms with Crippen molar-refractivity contribution in [3.05, 3.63) is 27.7 Å². The highest BCUT2D eigenvalue weighted by atomic mass is 79.9. The normalized spacial score (nSPS) is 11.8. The Morgan fingerprint density at radius 3 is 2.59 bits per heavy atom. The van der Waals surface area contributed by atoms with Gasteiger partial charge in [-0.2, -0.15) is 0 Å². The summed E-state index contributed by atoms with van der Waals surface area (Å²) < 4.78 is 27.1. The van der Waals surface area contributed by atoms with E-state index in [4.69, 9.17) is 5.11 Å². The largest absolute Gasteiger partial charge is 0.392 e. The molecule has 4 nitrogen and oxygen atoms in total. The lowest BCUT2D eigenvalue weighted by Crippen LogP contribution is -2.25. The topological polar surface area (TPSA) is 66.4 Å². The van der Waals surface area contributed by atoms with E-state index in [0.29, 0.717) is 16.6 Å². The lowest BCUT2D eigenvalue weighted by molar-refractivity contribution is 0.281. The lowest BCUT2D eigenvalue weighted by atomic mass is 10.1. The smallest absolute Gasteiger partial charge is 0.241 e. The van der Waals surface area contributed by atoms with Crippen molar-refractivity contribution in [1.82, 2.24) is 4.72 Å². The summed E-state index contributed by atoms with van der Waals surface area (Å²) in [5.74, 6) is 0. The van der Waals surface area contributed by atoms with Crippen LogP contribution >= 0.6 is 15.9 Å². The summed E-state index contributed by atoms with van der Waals surface area (Å²) in [5, 5.41) is 9.09. The first-order valence-electron chi connectivity index (χ1n) is 5.32. The predicted octanol–water partition coefficient (Wildman–Crippen LogP) is 1.94.